The quantitative estimate of drug-likeness (QED) is 0.489. The second-order valence-electron chi connectivity index (χ2n) is 4.89. The van der Waals surface area contributed by atoms with E-state index >= 15 is 0 Å². The lowest BCUT2D eigenvalue weighted by molar-refractivity contribution is -0.384. The number of non-ortho nitro benzene ring substituents is 1. The summed E-state index contributed by atoms with van der Waals surface area (Å²) in [7, 11) is 0. The second kappa shape index (κ2) is 5.69. The normalized spacial score (nSPS) is 11.1. The fourth-order valence-corrected chi connectivity index (χ4v) is 1.81. The zero-order valence-electron chi connectivity index (χ0n) is 11.0. The fraction of sp³-hybridized carbons (Fsp3) is 0.462. The van der Waals surface area contributed by atoms with Crippen LogP contribution in [-0.4, -0.2) is 16.5 Å². The molecule has 0 bridgehead atoms. The first kappa shape index (κ1) is 13.3. The topological polar surface area (TPSA) is 81.2 Å². The highest BCUT2D eigenvalue weighted by atomic mass is 16.6. The third-order valence-electron chi connectivity index (χ3n) is 2.82. The number of nitrogens with one attached hydrogen (secondary N) is 1. The average molecular weight is 263 g/mol. The third kappa shape index (κ3) is 3.43. The zero-order valence-corrected chi connectivity index (χ0v) is 11.0. The van der Waals surface area contributed by atoms with E-state index in [2.05, 4.69) is 24.1 Å². The summed E-state index contributed by atoms with van der Waals surface area (Å²) in [5, 5.41) is 13.7. The van der Waals surface area contributed by atoms with Crippen molar-refractivity contribution >= 4 is 22.8 Å². The van der Waals surface area contributed by atoms with Crippen LogP contribution >= 0.6 is 0 Å². The number of nitrogens with zero attached hydrogens (tertiary/aromatic N) is 2. The maximum atomic E-state index is 10.7. The Labute approximate surface area is 111 Å². The Balaban J connectivity index is 2.03. The van der Waals surface area contributed by atoms with Gasteiger partial charge in [0.25, 0.3) is 11.7 Å². The fourth-order valence-electron chi connectivity index (χ4n) is 1.81. The SMILES string of the molecule is CC(C)CCCNc1nc2cc([N+](=O)[O-])ccc2o1. The van der Waals surface area contributed by atoms with Gasteiger partial charge in [0.15, 0.2) is 5.58 Å². The molecule has 0 spiro atoms. The molecule has 0 atom stereocenters. The minimum atomic E-state index is -0.441. The summed E-state index contributed by atoms with van der Waals surface area (Å²) in [6.07, 6.45) is 2.18. The Hall–Kier alpha value is -2.11. The highest BCUT2D eigenvalue weighted by Gasteiger charge is 2.11. The Bertz CT molecular complexity index is 578. The van der Waals surface area contributed by atoms with Crippen molar-refractivity contribution in [2.75, 3.05) is 11.9 Å². The van der Waals surface area contributed by atoms with Crippen molar-refractivity contribution in [3.63, 3.8) is 0 Å². The molecule has 6 nitrogen and oxygen atoms in total. The summed E-state index contributed by atoms with van der Waals surface area (Å²) >= 11 is 0. The summed E-state index contributed by atoms with van der Waals surface area (Å²) in [6, 6.07) is 4.81. The van der Waals surface area contributed by atoms with E-state index in [4.69, 9.17) is 4.42 Å². The highest BCUT2D eigenvalue weighted by molar-refractivity contribution is 5.77. The van der Waals surface area contributed by atoms with Gasteiger partial charge in [0.05, 0.1) is 4.92 Å². The van der Waals surface area contributed by atoms with Crippen molar-refractivity contribution in [3.05, 3.63) is 28.3 Å². The molecule has 102 valence electrons. The van der Waals surface area contributed by atoms with Gasteiger partial charge < -0.3 is 9.73 Å². The number of fused-ring (bicyclic) bond motifs is 1. The standard InChI is InChI=1S/C13H17N3O3/c1-9(2)4-3-7-14-13-15-11-8-10(16(17)18)5-6-12(11)19-13/h5-6,8-9H,3-4,7H2,1-2H3,(H,14,15). The number of anilines is 1. The maximum absolute atomic E-state index is 10.7. The third-order valence-corrected chi connectivity index (χ3v) is 2.82. The number of rotatable bonds is 6. The molecule has 0 radical (unpaired) electrons. The monoisotopic (exact) mass is 263 g/mol. The predicted molar refractivity (Wildman–Crippen MR) is 73.2 cm³/mol. The molecule has 0 aliphatic rings. The molecule has 0 amide bonds. The van der Waals surface area contributed by atoms with Crippen LogP contribution in [0.3, 0.4) is 0 Å². The van der Waals surface area contributed by atoms with Gasteiger partial charge in [-0.05, 0) is 24.8 Å². The first-order chi connectivity index (χ1) is 9.06. The number of oxazole rings is 1. The van der Waals surface area contributed by atoms with Gasteiger partial charge in [0, 0.05) is 18.7 Å². The smallest absolute Gasteiger partial charge is 0.295 e. The molecule has 0 unspecified atom stereocenters. The van der Waals surface area contributed by atoms with Gasteiger partial charge in [-0.3, -0.25) is 10.1 Å². The number of aromatic nitrogens is 1. The molecular weight excluding hydrogens is 246 g/mol. The van der Waals surface area contributed by atoms with Crippen molar-refractivity contribution in [1.82, 2.24) is 4.98 Å². The van der Waals surface area contributed by atoms with Crippen LogP contribution in [0.5, 0.6) is 0 Å². The van der Waals surface area contributed by atoms with Crippen molar-refractivity contribution in [2.24, 2.45) is 5.92 Å². The molecule has 6 heteroatoms. The molecule has 0 aliphatic carbocycles. The molecular formula is C13H17N3O3. The maximum Gasteiger partial charge on any atom is 0.295 e. The van der Waals surface area contributed by atoms with Gasteiger partial charge in [0.2, 0.25) is 0 Å². The van der Waals surface area contributed by atoms with E-state index in [0.717, 1.165) is 19.4 Å². The minimum absolute atomic E-state index is 0.0205. The van der Waals surface area contributed by atoms with Gasteiger partial charge >= 0.3 is 0 Å². The van der Waals surface area contributed by atoms with Crippen molar-refractivity contribution in [1.29, 1.82) is 0 Å². The number of hydrogen-bond donors (Lipinski definition) is 1. The lowest BCUT2D eigenvalue weighted by Gasteiger charge is -2.03. The van der Waals surface area contributed by atoms with E-state index in [-0.39, 0.29) is 5.69 Å². The van der Waals surface area contributed by atoms with E-state index in [9.17, 15) is 10.1 Å². The molecule has 1 aromatic carbocycles. The van der Waals surface area contributed by atoms with E-state index in [1.165, 1.54) is 12.1 Å². The molecule has 0 saturated heterocycles. The Kier molecular flexibility index (Phi) is 3.99. The molecule has 2 aromatic rings. The van der Waals surface area contributed by atoms with Crippen LogP contribution in [0.1, 0.15) is 26.7 Å². The van der Waals surface area contributed by atoms with Crippen LogP contribution < -0.4 is 5.32 Å². The summed E-state index contributed by atoms with van der Waals surface area (Å²) < 4.78 is 5.46. The van der Waals surface area contributed by atoms with E-state index in [0.29, 0.717) is 23.0 Å². The average Bonchev–Trinajstić information content (AvgIpc) is 2.75. The summed E-state index contributed by atoms with van der Waals surface area (Å²) in [6.45, 7) is 5.14. The molecule has 1 heterocycles. The lowest BCUT2D eigenvalue weighted by Crippen LogP contribution is -2.02. The van der Waals surface area contributed by atoms with E-state index in [1.807, 2.05) is 0 Å². The Morgan fingerprint density at radius 1 is 1.47 bits per heavy atom. The lowest BCUT2D eigenvalue weighted by atomic mass is 10.1. The van der Waals surface area contributed by atoms with Gasteiger partial charge in [0.1, 0.15) is 5.52 Å². The molecule has 0 fully saturated rings. The summed E-state index contributed by atoms with van der Waals surface area (Å²) in [5.41, 5.74) is 1.07. The molecule has 0 aliphatic heterocycles. The van der Waals surface area contributed by atoms with Crippen LogP contribution in [-0.2, 0) is 0 Å². The molecule has 1 aromatic heterocycles. The first-order valence-electron chi connectivity index (χ1n) is 6.35. The van der Waals surface area contributed by atoms with Crippen molar-refractivity contribution in [2.45, 2.75) is 26.7 Å². The Morgan fingerprint density at radius 3 is 2.95 bits per heavy atom. The van der Waals surface area contributed by atoms with Crippen molar-refractivity contribution in [3.8, 4) is 0 Å². The van der Waals surface area contributed by atoms with Crippen LogP contribution in [0, 0.1) is 16.0 Å². The van der Waals surface area contributed by atoms with Gasteiger partial charge in [-0.2, -0.15) is 4.98 Å². The number of nitro benzene ring substituents is 1. The molecule has 2 rings (SSSR count). The first-order valence-corrected chi connectivity index (χ1v) is 6.35. The largest absolute Gasteiger partial charge is 0.424 e. The van der Waals surface area contributed by atoms with Crippen LogP contribution in [0.4, 0.5) is 11.7 Å². The van der Waals surface area contributed by atoms with E-state index < -0.39 is 4.92 Å². The van der Waals surface area contributed by atoms with Crippen LogP contribution in [0.15, 0.2) is 22.6 Å². The molecule has 1 N–H and O–H groups in total. The van der Waals surface area contributed by atoms with Gasteiger partial charge in [-0.15, -0.1) is 0 Å². The predicted octanol–water partition coefficient (Wildman–Crippen LogP) is 3.58. The molecule has 0 saturated carbocycles. The zero-order chi connectivity index (χ0) is 13.8. The van der Waals surface area contributed by atoms with Gasteiger partial charge in [-0.1, -0.05) is 13.8 Å². The number of nitro groups is 1. The second-order valence-corrected chi connectivity index (χ2v) is 4.89. The number of benzene rings is 1. The Morgan fingerprint density at radius 2 is 2.26 bits per heavy atom. The summed E-state index contributed by atoms with van der Waals surface area (Å²) in [4.78, 5) is 14.4. The number of hydrogen-bond acceptors (Lipinski definition) is 5. The summed E-state index contributed by atoms with van der Waals surface area (Å²) in [5.74, 6) is 0.674. The van der Waals surface area contributed by atoms with E-state index in [1.54, 1.807) is 6.07 Å². The van der Waals surface area contributed by atoms with Crippen LogP contribution in [0.25, 0.3) is 11.1 Å². The van der Waals surface area contributed by atoms with Gasteiger partial charge in [-0.25, -0.2) is 0 Å². The van der Waals surface area contributed by atoms with Crippen LogP contribution in [0.2, 0.25) is 0 Å². The molecule has 19 heavy (non-hydrogen) atoms. The minimum Gasteiger partial charge on any atom is -0.424 e. The highest BCUT2D eigenvalue weighted by Crippen LogP contribution is 2.23. The van der Waals surface area contributed by atoms with Crippen molar-refractivity contribution < 1.29 is 9.34 Å².